The van der Waals surface area contributed by atoms with Gasteiger partial charge in [0.05, 0.1) is 19.1 Å². The fourth-order valence-corrected chi connectivity index (χ4v) is 2.03. The van der Waals surface area contributed by atoms with Crippen LogP contribution in [0, 0.1) is 5.92 Å². The van der Waals surface area contributed by atoms with Gasteiger partial charge in [0, 0.05) is 12.2 Å². The first kappa shape index (κ1) is 19.9. The molecular formula is C16H27ClN2O2. The molecule has 0 saturated carbocycles. The number of rotatable bonds is 8. The van der Waals surface area contributed by atoms with Gasteiger partial charge in [0.2, 0.25) is 5.91 Å². The van der Waals surface area contributed by atoms with Gasteiger partial charge in [-0.3, -0.25) is 4.79 Å². The minimum absolute atomic E-state index is 0. The largest absolute Gasteiger partial charge is 0.378 e. The number of hydrogen-bond acceptors (Lipinski definition) is 3. The van der Waals surface area contributed by atoms with E-state index in [1.807, 2.05) is 31.2 Å². The molecule has 4 nitrogen and oxygen atoms in total. The molecule has 1 unspecified atom stereocenters. The van der Waals surface area contributed by atoms with Crippen LogP contribution in [0.25, 0.3) is 0 Å². The van der Waals surface area contributed by atoms with E-state index in [1.165, 1.54) is 0 Å². The Morgan fingerprint density at radius 1 is 1.24 bits per heavy atom. The molecule has 0 fully saturated rings. The Morgan fingerprint density at radius 3 is 2.38 bits per heavy atom. The van der Waals surface area contributed by atoms with Crippen LogP contribution in [0.1, 0.15) is 39.2 Å². The van der Waals surface area contributed by atoms with E-state index in [0.717, 1.165) is 17.7 Å². The fourth-order valence-electron chi connectivity index (χ4n) is 2.03. The third-order valence-electron chi connectivity index (χ3n) is 3.01. The van der Waals surface area contributed by atoms with E-state index in [2.05, 4.69) is 19.2 Å². The third kappa shape index (κ3) is 8.71. The third-order valence-corrected chi connectivity index (χ3v) is 3.01. The zero-order valence-corrected chi connectivity index (χ0v) is 13.9. The van der Waals surface area contributed by atoms with E-state index in [1.54, 1.807) is 0 Å². The first-order valence-electron chi connectivity index (χ1n) is 7.21. The van der Waals surface area contributed by atoms with Crippen molar-refractivity contribution in [2.75, 3.05) is 11.9 Å². The molecule has 0 saturated heterocycles. The lowest BCUT2D eigenvalue weighted by Crippen LogP contribution is -2.18. The van der Waals surface area contributed by atoms with E-state index in [9.17, 15) is 4.79 Å². The summed E-state index contributed by atoms with van der Waals surface area (Å²) in [5, 5.41) is 2.85. The number of carbonyl (C=O) groups is 1. The van der Waals surface area contributed by atoms with Crippen molar-refractivity contribution in [2.45, 2.75) is 46.3 Å². The number of carbonyl (C=O) groups excluding carboxylic acids is 1. The van der Waals surface area contributed by atoms with E-state index >= 15 is 0 Å². The lowest BCUT2D eigenvalue weighted by molar-refractivity contribution is -0.117. The predicted octanol–water partition coefficient (Wildman–Crippen LogP) is 3.35. The van der Waals surface area contributed by atoms with Crippen molar-refractivity contribution in [1.82, 2.24) is 0 Å². The summed E-state index contributed by atoms with van der Waals surface area (Å²) in [6.07, 6.45) is 1.59. The highest BCUT2D eigenvalue weighted by Gasteiger charge is 2.07. The molecule has 1 rings (SSSR count). The van der Waals surface area contributed by atoms with Crippen LogP contribution < -0.4 is 11.1 Å². The second kappa shape index (κ2) is 10.6. The summed E-state index contributed by atoms with van der Waals surface area (Å²) in [5.41, 5.74) is 7.37. The average Bonchev–Trinajstić information content (AvgIpc) is 2.38. The Balaban J connectivity index is 0.00000400. The van der Waals surface area contributed by atoms with Crippen LogP contribution in [0.15, 0.2) is 24.3 Å². The number of hydrogen-bond donors (Lipinski definition) is 2. The fraction of sp³-hybridized carbons (Fsp3) is 0.562. The summed E-state index contributed by atoms with van der Waals surface area (Å²) in [4.78, 5) is 11.8. The quantitative estimate of drug-likeness (QED) is 0.773. The molecule has 0 aliphatic rings. The molecule has 0 aromatic heterocycles. The number of halogens is 1. The average molecular weight is 315 g/mol. The molecule has 0 spiro atoms. The van der Waals surface area contributed by atoms with Gasteiger partial charge >= 0.3 is 0 Å². The normalized spacial score (nSPS) is 11.9. The van der Waals surface area contributed by atoms with Crippen LogP contribution >= 0.6 is 12.4 Å². The number of benzene rings is 1. The summed E-state index contributed by atoms with van der Waals surface area (Å²) < 4.78 is 5.62. The minimum atomic E-state index is -0.0257. The van der Waals surface area contributed by atoms with Gasteiger partial charge in [0.25, 0.3) is 0 Å². The molecule has 0 radical (unpaired) electrons. The molecule has 1 atom stereocenters. The van der Waals surface area contributed by atoms with Crippen molar-refractivity contribution in [1.29, 1.82) is 0 Å². The standard InChI is InChI=1S/C16H26N2O2.ClH/c1-12(2)10-13(3)20-9-8-16(19)18-15-6-4-14(11-17)5-7-15;/h4-7,12-13H,8-11,17H2,1-3H3,(H,18,19);1H. The van der Waals surface area contributed by atoms with Crippen molar-refractivity contribution >= 4 is 24.0 Å². The highest BCUT2D eigenvalue weighted by Crippen LogP contribution is 2.10. The molecule has 1 aromatic rings. The highest BCUT2D eigenvalue weighted by atomic mass is 35.5. The Hall–Kier alpha value is -1.10. The maximum absolute atomic E-state index is 11.8. The van der Waals surface area contributed by atoms with Crippen molar-refractivity contribution in [3.05, 3.63) is 29.8 Å². The van der Waals surface area contributed by atoms with Crippen molar-refractivity contribution in [3.63, 3.8) is 0 Å². The monoisotopic (exact) mass is 314 g/mol. The number of amides is 1. The van der Waals surface area contributed by atoms with Crippen LogP contribution in [0.2, 0.25) is 0 Å². The second-order valence-electron chi connectivity index (χ2n) is 5.51. The van der Waals surface area contributed by atoms with Crippen LogP contribution in [0.3, 0.4) is 0 Å². The van der Waals surface area contributed by atoms with Crippen LogP contribution in [-0.2, 0) is 16.1 Å². The molecule has 120 valence electrons. The summed E-state index contributed by atoms with van der Waals surface area (Å²) in [6, 6.07) is 7.55. The molecular weight excluding hydrogens is 288 g/mol. The van der Waals surface area contributed by atoms with E-state index in [0.29, 0.717) is 25.5 Å². The Labute approximate surface area is 133 Å². The van der Waals surface area contributed by atoms with Gasteiger partial charge in [-0.1, -0.05) is 26.0 Å². The van der Waals surface area contributed by atoms with Crippen molar-refractivity contribution < 1.29 is 9.53 Å². The molecule has 21 heavy (non-hydrogen) atoms. The van der Waals surface area contributed by atoms with Gasteiger partial charge in [0.15, 0.2) is 0 Å². The maximum Gasteiger partial charge on any atom is 0.226 e. The van der Waals surface area contributed by atoms with Gasteiger partial charge < -0.3 is 15.8 Å². The van der Waals surface area contributed by atoms with Gasteiger partial charge in [-0.05, 0) is 37.0 Å². The smallest absolute Gasteiger partial charge is 0.226 e. The van der Waals surface area contributed by atoms with E-state index < -0.39 is 0 Å². The van der Waals surface area contributed by atoms with Gasteiger partial charge in [-0.15, -0.1) is 12.4 Å². The Morgan fingerprint density at radius 2 is 1.86 bits per heavy atom. The van der Waals surface area contributed by atoms with Gasteiger partial charge in [-0.2, -0.15) is 0 Å². The summed E-state index contributed by atoms with van der Waals surface area (Å²) in [5.74, 6) is 0.585. The predicted molar refractivity (Wildman–Crippen MR) is 89.7 cm³/mol. The Kier molecular flexibility index (Phi) is 10.0. The van der Waals surface area contributed by atoms with E-state index in [-0.39, 0.29) is 24.4 Å². The molecule has 0 aliphatic heterocycles. The lowest BCUT2D eigenvalue weighted by Gasteiger charge is -2.15. The first-order valence-corrected chi connectivity index (χ1v) is 7.21. The van der Waals surface area contributed by atoms with Crippen molar-refractivity contribution in [3.8, 4) is 0 Å². The van der Waals surface area contributed by atoms with E-state index in [4.69, 9.17) is 10.5 Å². The molecule has 1 amide bonds. The van der Waals surface area contributed by atoms with Gasteiger partial charge in [0.1, 0.15) is 0 Å². The topological polar surface area (TPSA) is 64.3 Å². The highest BCUT2D eigenvalue weighted by molar-refractivity contribution is 5.90. The molecule has 5 heteroatoms. The molecule has 3 N–H and O–H groups in total. The maximum atomic E-state index is 11.8. The second-order valence-corrected chi connectivity index (χ2v) is 5.51. The lowest BCUT2D eigenvalue weighted by atomic mass is 10.1. The SMILES string of the molecule is CC(C)CC(C)OCCC(=O)Nc1ccc(CN)cc1.Cl. The van der Waals surface area contributed by atoms with Gasteiger partial charge in [-0.25, -0.2) is 0 Å². The van der Waals surface area contributed by atoms with Crippen LogP contribution in [0.5, 0.6) is 0 Å². The minimum Gasteiger partial charge on any atom is -0.378 e. The number of anilines is 1. The summed E-state index contributed by atoms with van der Waals surface area (Å²) in [6.45, 7) is 7.34. The van der Waals surface area contributed by atoms with Crippen molar-refractivity contribution in [2.24, 2.45) is 11.7 Å². The zero-order chi connectivity index (χ0) is 15.0. The molecule has 0 aliphatic carbocycles. The first-order chi connectivity index (χ1) is 9.51. The van der Waals surface area contributed by atoms with Crippen LogP contribution in [0.4, 0.5) is 5.69 Å². The van der Waals surface area contributed by atoms with Crippen LogP contribution in [-0.4, -0.2) is 18.6 Å². The molecule has 1 aromatic carbocycles. The molecule has 0 heterocycles. The number of nitrogens with one attached hydrogen (secondary N) is 1. The number of nitrogens with two attached hydrogens (primary N) is 1. The Bertz CT molecular complexity index is 407. The molecule has 0 bridgehead atoms. The summed E-state index contributed by atoms with van der Waals surface area (Å²) in [7, 11) is 0. The number of ether oxygens (including phenoxy) is 1. The summed E-state index contributed by atoms with van der Waals surface area (Å²) >= 11 is 0. The zero-order valence-electron chi connectivity index (χ0n) is 13.1.